The van der Waals surface area contributed by atoms with Gasteiger partial charge in [0.2, 0.25) is 0 Å². The minimum Gasteiger partial charge on any atom is -0.388 e. The van der Waals surface area contributed by atoms with Crippen molar-refractivity contribution >= 4 is 12.2 Å². The average Bonchev–Trinajstić information content (AvgIpc) is 2.89. The molecule has 1 saturated heterocycles. The Balaban J connectivity index is 2.10. The van der Waals surface area contributed by atoms with Crippen LogP contribution in [0, 0.1) is 10.7 Å². The first-order chi connectivity index (χ1) is 9.02. The first kappa shape index (κ1) is 14.7. The fraction of sp³-hybridized carbons (Fsp3) is 0.846. The van der Waals surface area contributed by atoms with Gasteiger partial charge in [-0.1, -0.05) is 13.8 Å². The van der Waals surface area contributed by atoms with Gasteiger partial charge in [0.15, 0.2) is 10.6 Å². The average molecular weight is 284 g/mol. The predicted octanol–water partition coefficient (Wildman–Crippen LogP) is 1.91. The lowest BCUT2D eigenvalue weighted by molar-refractivity contribution is 0.169. The number of hydrogen-bond acceptors (Lipinski definition) is 4. The standard InChI is InChI=1S/C13H24N4OS/c1-10(2)7-11-5-4-6-16(11)9-17-13(19)15(3)12(8-18)14-17/h10-11,18H,4-9H2,1-3H3. The van der Waals surface area contributed by atoms with Crippen LogP contribution in [0.25, 0.3) is 0 Å². The lowest BCUT2D eigenvalue weighted by atomic mass is 10.0. The zero-order valence-corrected chi connectivity index (χ0v) is 12.9. The van der Waals surface area contributed by atoms with Crippen molar-refractivity contribution < 1.29 is 5.11 Å². The molecular formula is C13H24N4OS. The van der Waals surface area contributed by atoms with Crippen molar-refractivity contribution in [2.24, 2.45) is 13.0 Å². The maximum absolute atomic E-state index is 9.23. The molecule has 1 aliphatic heterocycles. The van der Waals surface area contributed by atoms with Gasteiger partial charge in [0, 0.05) is 19.6 Å². The Morgan fingerprint density at radius 2 is 2.21 bits per heavy atom. The molecule has 0 radical (unpaired) electrons. The smallest absolute Gasteiger partial charge is 0.198 e. The third-order valence-corrected chi connectivity index (χ3v) is 4.32. The Bertz CT molecular complexity index is 479. The normalized spacial score (nSPS) is 20.6. The summed E-state index contributed by atoms with van der Waals surface area (Å²) in [6, 6.07) is 0.640. The van der Waals surface area contributed by atoms with E-state index in [-0.39, 0.29) is 6.61 Å². The van der Waals surface area contributed by atoms with Gasteiger partial charge < -0.3 is 9.67 Å². The molecule has 1 N–H and O–H groups in total. The zero-order valence-electron chi connectivity index (χ0n) is 12.0. The lowest BCUT2D eigenvalue weighted by Gasteiger charge is -2.25. The summed E-state index contributed by atoms with van der Waals surface area (Å²) < 4.78 is 4.29. The molecule has 1 aromatic rings. The van der Waals surface area contributed by atoms with Gasteiger partial charge in [-0.2, -0.15) is 5.10 Å². The second-order valence-electron chi connectivity index (χ2n) is 5.79. The molecule has 0 aromatic carbocycles. The van der Waals surface area contributed by atoms with Crippen LogP contribution in [0.3, 0.4) is 0 Å². The summed E-state index contributed by atoms with van der Waals surface area (Å²) in [6.07, 6.45) is 3.75. The molecule has 108 valence electrons. The van der Waals surface area contributed by atoms with Crippen LogP contribution in [0.1, 0.15) is 38.9 Å². The van der Waals surface area contributed by atoms with E-state index in [0.29, 0.717) is 16.6 Å². The van der Waals surface area contributed by atoms with Crippen molar-refractivity contribution in [1.29, 1.82) is 0 Å². The molecule has 1 unspecified atom stereocenters. The van der Waals surface area contributed by atoms with E-state index >= 15 is 0 Å². The van der Waals surface area contributed by atoms with Crippen molar-refractivity contribution in [2.75, 3.05) is 6.54 Å². The van der Waals surface area contributed by atoms with Crippen LogP contribution in [0.2, 0.25) is 0 Å². The number of aromatic nitrogens is 3. The van der Waals surface area contributed by atoms with Crippen LogP contribution in [-0.2, 0) is 20.3 Å². The number of aliphatic hydroxyl groups is 1. The van der Waals surface area contributed by atoms with Crippen LogP contribution in [0.4, 0.5) is 0 Å². The molecule has 0 aliphatic carbocycles. The van der Waals surface area contributed by atoms with Gasteiger partial charge >= 0.3 is 0 Å². The molecule has 0 bridgehead atoms. The Morgan fingerprint density at radius 3 is 2.79 bits per heavy atom. The zero-order chi connectivity index (χ0) is 14.0. The SMILES string of the molecule is CC(C)CC1CCCN1Cn1nc(CO)n(C)c1=S. The molecule has 1 aromatic heterocycles. The van der Waals surface area contributed by atoms with E-state index in [2.05, 4.69) is 23.8 Å². The highest BCUT2D eigenvalue weighted by Gasteiger charge is 2.25. The summed E-state index contributed by atoms with van der Waals surface area (Å²) in [4.78, 5) is 2.46. The van der Waals surface area contributed by atoms with Crippen LogP contribution in [0.15, 0.2) is 0 Å². The number of likely N-dealkylation sites (tertiary alicyclic amines) is 1. The van der Waals surface area contributed by atoms with Crippen molar-refractivity contribution in [2.45, 2.75) is 52.4 Å². The third kappa shape index (κ3) is 3.24. The molecule has 1 fully saturated rings. The highest BCUT2D eigenvalue weighted by molar-refractivity contribution is 7.71. The Kier molecular flexibility index (Phi) is 4.76. The summed E-state index contributed by atoms with van der Waals surface area (Å²) in [5.41, 5.74) is 0. The molecule has 6 heteroatoms. The van der Waals surface area contributed by atoms with Crippen molar-refractivity contribution in [3.63, 3.8) is 0 Å². The first-order valence-electron chi connectivity index (χ1n) is 7.00. The van der Waals surface area contributed by atoms with Crippen LogP contribution >= 0.6 is 12.2 Å². The highest BCUT2D eigenvalue weighted by Crippen LogP contribution is 2.23. The number of aliphatic hydroxyl groups excluding tert-OH is 1. The Morgan fingerprint density at radius 1 is 1.47 bits per heavy atom. The molecule has 0 saturated carbocycles. The van der Waals surface area contributed by atoms with E-state index in [4.69, 9.17) is 12.2 Å². The summed E-state index contributed by atoms with van der Waals surface area (Å²) in [7, 11) is 1.85. The van der Waals surface area contributed by atoms with E-state index < -0.39 is 0 Å². The van der Waals surface area contributed by atoms with Crippen LogP contribution < -0.4 is 0 Å². The summed E-state index contributed by atoms with van der Waals surface area (Å²) in [5.74, 6) is 1.35. The minimum atomic E-state index is -0.0669. The van der Waals surface area contributed by atoms with E-state index in [0.717, 1.165) is 19.1 Å². The molecular weight excluding hydrogens is 260 g/mol. The van der Waals surface area contributed by atoms with Crippen molar-refractivity contribution in [3.05, 3.63) is 10.6 Å². The van der Waals surface area contributed by atoms with Gasteiger partial charge in [-0.15, -0.1) is 0 Å². The number of rotatable bonds is 5. The van der Waals surface area contributed by atoms with E-state index in [1.807, 2.05) is 11.7 Å². The second kappa shape index (κ2) is 6.15. The molecule has 1 aliphatic rings. The topological polar surface area (TPSA) is 46.2 Å². The highest BCUT2D eigenvalue weighted by atomic mass is 32.1. The minimum absolute atomic E-state index is 0.0669. The Labute approximate surface area is 119 Å². The summed E-state index contributed by atoms with van der Waals surface area (Å²) in [5, 5.41) is 13.6. The van der Waals surface area contributed by atoms with E-state index in [1.165, 1.54) is 19.3 Å². The van der Waals surface area contributed by atoms with Gasteiger partial charge in [-0.3, -0.25) is 4.90 Å². The van der Waals surface area contributed by atoms with Gasteiger partial charge in [0.1, 0.15) is 6.61 Å². The van der Waals surface area contributed by atoms with E-state index in [9.17, 15) is 5.11 Å². The molecule has 0 spiro atoms. The third-order valence-electron chi connectivity index (χ3n) is 3.83. The maximum atomic E-state index is 9.23. The number of nitrogens with zero attached hydrogens (tertiary/aromatic N) is 4. The predicted molar refractivity (Wildman–Crippen MR) is 77.1 cm³/mol. The maximum Gasteiger partial charge on any atom is 0.198 e. The van der Waals surface area contributed by atoms with E-state index in [1.54, 1.807) is 4.57 Å². The monoisotopic (exact) mass is 284 g/mol. The molecule has 1 atom stereocenters. The van der Waals surface area contributed by atoms with Gasteiger partial charge in [-0.05, 0) is 37.4 Å². The van der Waals surface area contributed by atoms with Crippen LogP contribution in [0.5, 0.6) is 0 Å². The number of hydrogen-bond donors (Lipinski definition) is 1. The molecule has 2 heterocycles. The molecule has 5 nitrogen and oxygen atoms in total. The molecule has 19 heavy (non-hydrogen) atoms. The second-order valence-corrected chi connectivity index (χ2v) is 6.16. The molecule has 2 rings (SSSR count). The largest absolute Gasteiger partial charge is 0.388 e. The fourth-order valence-corrected chi connectivity index (χ4v) is 3.03. The van der Waals surface area contributed by atoms with Crippen LogP contribution in [-0.4, -0.2) is 36.9 Å². The first-order valence-corrected chi connectivity index (χ1v) is 7.41. The Hall–Kier alpha value is -0.720. The fourth-order valence-electron chi connectivity index (χ4n) is 2.83. The summed E-state index contributed by atoms with van der Waals surface area (Å²) >= 11 is 5.37. The molecule has 0 amide bonds. The van der Waals surface area contributed by atoms with Gasteiger partial charge in [0.05, 0.1) is 6.67 Å². The van der Waals surface area contributed by atoms with Crippen molar-refractivity contribution in [3.8, 4) is 0 Å². The van der Waals surface area contributed by atoms with Crippen molar-refractivity contribution in [1.82, 2.24) is 19.2 Å². The van der Waals surface area contributed by atoms with Gasteiger partial charge in [-0.25, -0.2) is 4.68 Å². The quantitative estimate of drug-likeness (QED) is 0.839. The lowest BCUT2D eigenvalue weighted by Crippen LogP contribution is -2.33. The summed E-state index contributed by atoms with van der Waals surface area (Å²) in [6.45, 7) is 6.33. The van der Waals surface area contributed by atoms with Gasteiger partial charge in [0.25, 0.3) is 0 Å².